The van der Waals surface area contributed by atoms with E-state index in [1.54, 1.807) is 0 Å². The van der Waals surface area contributed by atoms with Crippen LogP contribution < -0.4 is 10.6 Å². The van der Waals surface area contributed by atoms with Gasteiger partial charge in [0.25, 0.3) is 0 Å². The van der Waals surface area contributed by atoms with Crippen molar-refractivity contribution in [2.75, 3.05) is 11.9 Å². The first kappa shape index (κ1) is 16.0. The molecule has 0 bridgehead atoms. The lowest BCUT2D eigenvalue weighted by Crippen LogP contribution is -2.35. The maximum absolute atomic E-state index is 12.5. The normalized spacial score (nSPS) is 19.0. The van der Waals surface area contributed by atoms with Crippen molar-refractivity contribution in [1.29, 1.82) is 0 Å². The zero-order valence-corrected chi connectivity index (χ0v) is 13.5. The molecule has 0 aliphatic heterocycles. The molecule has 1 aromatic carbocycles. The van der Waals surface area contributed by atoms with Crippen molar-refractivity contribution in [3.05, 3.63) is 29.8 Å². The van der Waals surface area contributed by atoms with Gasteiger partial charge in [-0.2, -0.15) is 0 Å². The Balaban J connectivity index is 1.98. The van der Waals surface area contributed by atoms with E-state index in [1.807, 2.05) is 12.1 Å². The number of rotatable bonds is 5. The second kappa shape index (κ2) is 7.08. The standard InChI is InChI=1S/C18H28N2O/c1-4-19-14(2)15-8-10-16(11-9-15)20-17(21)18(3)12-6-5-7-13-18/h8-11,14,19H,4-7,12-13H2,1-3H3,(H,20,21). The van der Waals surface area contributed by atoms with Crippen LogP contribution in [0, 0.1) is 5.41 Å². The molecule has 1 aliphatic rings. The second-order valence-corrected chi connectivity index (χ2v) is 6.48. The summed E-state index contributed by atoms with van der Waals surface area (Å²) in [6, 6.07) is 8.54. The van der Waals surface area contributed by atoms with Gasteiger partial charge in [-0.1, -0.05) is 45.2 Å². The van der Waals surface area contributed by atoms with E-state index in [2.05, 4.69) is 43.5 Å². The summed E-state index contributed by atoms with van der Waals surface area (Å²) >= 11 is 0. The summed E-state index contributed by atoms with van der Waals surface area (Å²) in [5.74, 6) is 0.176. The van der Waals surface area contributed by atoms with E-state index < -0.39 is 0 Å². The molecule has 0 radical (unpaired) electrons. The molecule has 1 unspecified atom stereocenters. The van der Waals surface area contributed by atoms with Crippen LogP contribution in [0.3, 0.4) is 0 Å². The predicted molar refractivity (Wildman–Crippen MR) is 88.4 cm³/mol. The number of carbonyl (C=O) groups excluding carboxylic acids is 1. The molecule has 2 N–H and O–H groups in total. The molecule has 116 valence electrons. The summed E-state index contributed by atoms with van der Waals surface area (Å²) in [5, 5.41) is 6.48. The van der Waals surface area contributed by atoms with Gasteiger partial charge in [-0.3, -0.25) is 4.79 Å². The van der Waals surface area contributed by atoms with Gasteiger partial charge in [0.2, 0.25) is 5.91 Å². The number of carbonyl (C=O) groups is 1. The Hall–Kier alpha value is -1.35. The quantitative estimate of drug-likeness (QED) is 0.849. The fourth-order valence-electron chi connectivity index (χ4n) is 3.12. The summed E-state index contributed by atoms with van der Waals surface area (Å²) in [7, 11) is 0. The van der Waals surface area contributed by atoms with Gasteiger partial charge >= 0.3 is 0 Å². The average molecular weight is 288 g/mol. The van der Waals surface area contributed by atoms with Crippen LogP contribution in [0.1, 0.15) is 64.5 Å². The van der Waals surface area contributed by atoms with Crippen LogP contribution in [0.15, 0.2) is 24.3 Å². The molecule has 0 saturated heterocycles. The van der Waals surface area contributed by atoms with Crippen molar-refractivity contribution in [3.63, 3.8) is 0 Å². The van der Waals surface area contributed by atoms with Gasteiger partial charge in [0, 0.05) is 17.1 Å². The highest BCUT2D eigenvalue weighted by atomic mass is 16.2. The molecule has 3 nitrogen and oxygen atoms in total. The molecule has 1 aliphatic carbocycles. The first-order chi connectivity index (χ1) is 10.0. The number of hydrogen-bond acceptors (Lipinski definition) is 2. The first-order valence-corrected chi connectivity index (χ1v) is 8.20. The maximum atomic E-state index is 12.5. The fourth-order valence-corrected chi connectivity index (χ4v) is 3.12. The number of anilines is 1. The summed E-state index contributed by atoms with van der Waals surface area (Å²) in [4.78, 5) is 12.5. The van der Waals surface area contributed by atoms with Crippen LogP contribution in [0.5, 0.6) is 0 Å². The van der Waals surface area contributed by atoms with Crippen LogP contribution in [0.4, 0.5) is 5.69 Å². The predicted octanol–water partition coefficient (Wildman–Crippen LogP) is 4.27. The van der Waals surface area contributed by atoms with Crippen LogP contribution in [-0.4, -0.2) is 12.5 Å². The largest absolute Gasteiger partial charge is 0.326 e. The Morgan fingerprint density at radius 2 is 1.81 bits per heavy atom. The highest BCUT2D eigenvalue weighted by Crippen LogP contribution is 2.36. The zero-order valence-electron chi connectivity index (χ0n) is 13.5. The van der Waals surface area contributed by atoms with E-state index in [0.29, 0.717) is 6.04 Å². The lowest BCUT2D eigenvalue weighted by atomic mass is 9.75. The van der Waals surface area contributed by atoms with Crippen LogP contribution in [-0.2, 0) is 4.79 Å². The molecule has 0 aromatic heterocycles. The molecule has 1 aromatic rings. The number of amides is 1. The first-order valence-electron chi connectivity index (χ1n) is 8.20. The molecule has 1 amide bonds. The Bertz CT molecular complexity index is 461. The van der Waals surface area contributed by atoms with E-state index in [9.17, 15) is 4.79 Å². The molecule has 0 heterocycles. The van der Waals surface area contributed by atoms with Gasteiger partial charge in [0.05, 0.1) is 0 Å². The maximum Gasteiger partial charge on any atom is 0.230 e. The zero-order chi connectivity index (χ0) is 15.3. The SMILES string of the molecule is CCNC(C)c1ccc(NC(=O)C2(C)CCCCC2)cc1. The van der Waals surface area contributed by atoms with Crippen molar-refractivity contribution >= 4 is 11.6 Å². The van der Waals surface area contributed by atoms with Crippen molar-refractivity contribution in [2.24, 2.45) is 5.41 Å². The third kappa shape index (κ3) is 4.07. The lowest BCUT2D eigenvalue weighted by Gasteiger charge is -2.32. The van der Waals surface area contributed by atoms with Crippen molar-refractivity contribution < 1.29 is 4.79 Å². The summed E-state index contributed by atoms with van der Waals surface area (Å²) < 4.78 is 0. The number of hydrogen-bond donors (Lipinski definition) is 2. The summed E-state index contributed by atoms with van der Waals surface area (Å²) in [6.07, 6.45) is 5.62. The third-order valence-corrected chi connectivity index (χ3v) is 4.68. The Kier molecular flexibility index (Phi) is 5.40. The van der Waals surface area contributed by atoms with Gasteiger partial charge < -0.3 is 10.6 Å². The monoisotopic (exact) mass is 288 g/mol. The summed E-state index contributed by atoms with van der Waals surface area (Å²) in [6.45, 7) is 7.32. The molecule has 3 heteroatoms. The van der Waals surface area contributed by atoms with Gasteiger partial charge in [0.15, 0.2) is 0 Å². The molecule has 2 rings (SSSR count). The molecule has 1 atom stereocenters. The fraction of sp³-hybridized carbons (Fsp3) is 0.611. The number of benzene rings is 1. The molecule has 21 heavy (non-hydrogen) atoms. The van der Waals surface area contributed by atoms with Gasteiger partial charge in [-0.05, 0) is 44.0 Å². The molecular formula is C18H28N2O. The molecule has 0 spiro atoms. The van der Waals surface area contributed by atoms with Crippen molar-refractivity contribution in [1.82, 2.24) is 5.32 Å². The topological polar surface area (TPSA) is 41.1 Å². The Labute approximate surface area is 128 Å². The minimum Gasteiger partial charge on any atom is -0.326 e. The van der Waals surface area contributed by atoms with E-state index in [4.69, 9.17) is 0 Å². The average Bonchev–Trinajstić information content (AvgIpc) is 2.49. The van der Waals surface area contributed by atoms with Crippen LogP contribution >= 0.6 is 0 Å². The Morgan fingerprint density at radius 1 is 1.19 bits per heavy atom. The smallest absolute Gasteiger partial charge is 0.230 e. The van der Waals surface area contributed by atoms with E-state index in [1.165, 1.54) is 24.8 Å². The van der Waals surface area contributed by atoms with E-state index >= 15 is 0 Å². The van der Waals surface area contributed by atoms with Gasteiger partial charge in [-0.25, -0.2) is 0 Å². The molecular weight excluding hydrogens is 260 g/mol. The minimum absolute atomic E-state index is 0.176. The van der Waals surface area contributed by atoms with Crippen molar-refractivity contribution in [3.8, 4) is 0 Å². The van der Waals surface area contributed by atoms with Crippen LogP contribution in [0.2, 0.25) is 0 Å². The highest BCUT2D eigenvalue weighted by Gasteiger charge is 2.34. The van der Waals surface area contributed by atoms with Crippen molar-refractivity contribution in [2.45, 2.75) is 58.9 Å². The van der Waals surface area contributed by atoms with Crippen LogP contribution in [0.25, 0.3) is 0 Å². The minimum atomic E-state index is -0.187. The molecule has 1 fully saturated rings. The molecule has 1 saturated carbocycles. The van der Waals surface area contributed by atoms with E-state index in [0.717, 1.165) is 25.1 Å². The van der Waals surface area contributed by atoms with Gasteiger partial charge in [-0.15, -0.1) is 0 Å². The van der Waals surface area contributed by atoms with E-state index in [-0.39, 0.29) is 11.3 Å². The second-order valence-electron chi connectivity index (χ2n) is 6.48. The lowest BCUT2D eigenvalue weighted by molar-refractivity contribution is -0.126. The Morgan fingerprint density at radius 3 is 2.38 bits per heavy atom. The van der Waals surface area contributed by atoms with Gasteiger partial charge in [0.1, 0.15) is 0 Å². The number of nitrogens with one attached hydrogen (secondary N) is 2. The third-order valence-electron chi connectivity index (χ3n) is 4.68. The summed E-state index contributed by atoms with van der Waals surface area (Å²) in [5.41, 5.74) is 1.96. The highest BCUT2D eigenvalue weighted by molar-refractivity contribution is 5.95.